The highest BCUT2D eigenvalue weighted by Gasteiger charge is 2.28. The van der Waals surface area contributed by atoms with Gasteiger partial charge in [0.2, 0.25) is 0 Å². The minimum atomic E-state index is -0.814. The number of amides is 2. The quantitative estimate of drug-likeness (QED) is 0.529. The van der Waals surface area contributed by atoms with Crippen molar-refractivity contribution in [2.24, 2.45) is 7.05 Å². The van der Waals surface area contributed by atoms with E-state index < -0.39 is 6.09 Å². The molecule has 1 fully saturated rings. The van der Waals surface area contributed by atoms with Crippen LogP contribution in [0.4, 0.5) is 22.0 Å². The zero-order chi connectivity index (χ0) is 23.4. The standard InChI is InChI=1S/C21H25N9O3/c1-4-30(5-2)20(31)17-16(11-25-29(17)3)28-21(32)33-19-18(26-14-8-22-12-23-9-14)24-10-15(27-19)13-6-7-13/h8-13H,4-7H2,1-3H3,(H,24,26)(H,28,32). The molecule has 4 rings (SSSR count). The zero-order valence-corrected chi connectivity index (χ0v) is 18.6. The normalized spacial score (nSPS) is 12.8. The third-order valence-corrected chi connectivity index (χ3v) is 5.20. The fourth-order valence-electron chi connectivity index (χ4n) is 3.28. The number of hydrogen-bond donors (Lipinski definition) is 2. The minimum absolute atomic E-state index is 0.0151. The van der Waals surface area contributed by atoms with Crippen LogP contribution in [-0.2, 0) is 7.05 Å². The predicted octanol–water partition coefficient (Wildman–Crippen LogP) is 2.71. The number of anilines is 3. The third-order valence-electron chi connectivity index (χ3n) is 5.20. The Morgan fingerprint density at radius 3 is 2.55 bits per heavy atom. The maximum Gasteiger partial charge on any atom is 0.418 e. The number of aryl methyl sites for hydroxylation is 1. The maximum atomic E-state index is 12.9. The lowest BCUT2D eigenvalue weighted by atomic mass is 10.3. The van der Waals surface area contributed by atoms with Crippen molar-refractivity contribution in [1.82, 2.24) is 34.6 Å². The Balaban J connectivity index is 1.55. The summed E-state index contributed by atoms with van der Waals surface area (Å²) >= 11 is 0. The zero-order valence-electron chi connectivity index (χ0n) is 18.6. The number of rotatable bonds is 8. The van der Waals surface area contributed by atoms with E-state index in [2.05, 4.69) is 35.7 Å². The molecule has 2 N–H and O–H groups in total. The first-order chi connectivity index (χ1) is 16.0. The summed E-state index contributed by atoms with van der Waals surface area (Å²) in [6.07, 6.45) is 8.83. The number of carbonyl (C=O) groups is 2. The molecule has 0 bridgehead atoms. The average Bonchev–Trinajstić information content (AvgIpc) is 3.60. The Bertz CT molecular complexity index is 1140. The number of nitrogens with zero attached hydrogens (tertiary/aromatic N) is 7. The number of hydrogen-bond acceptors (Lipinski definition) is 9. The second-order valence-corrected chi connectivity index (χ2v) is 7.50. The van der Waals surface area contributed by atoms with E-state index in [0.29, 0.717) is 24.7 Å². The average molecular weight is 451 g/mol. The smallest absolute Gasteiger partial charge is 0.387 e. The number of nitrogens with one attached hydrogen (secondary N) is 2. The first kappa shape index (κ1) is 22.1. The van der Waals surface area contributed by atoms with Crippen molar-refractivity contribution in [2.45, 2.75) is 32.6 Å². The Labute approximate surface area is 190 Å². The number of ether oxygens (including phenoxy) is 1. The van der Waals surface area contributed by atoms with Gasteiger partial charge >= 0.3 is 6.09 Å². The summed E-state index contributed by atoms with van der Waals surface area (Å²) < 4.78 is 6.93. The van der Waals surface area contributed by atoms with Gasteiger partial charge in [0.15, 0.2) is 5.82 Å². The lowest BCUT2D eigenvalue weighted by Crippen LogP contribution is -2.33. The van der Waals surface area contributed by atoms with Crippen molar-refractivity contribution in [3.63, 3.8) is 0 Å². The molecule has 33 heavy (non-hydrogen) atoms. The van der Waals surface area contributed by atoms with Gasteiger partial charge in [-0.15, -0.1) is 0 Å². The highest BCUT2D eigenvalue weighted by atomic mass is 16.6. The molecule has 0 aromatic carbocycles. The Hall–Kier alpha value is -4.09. The van der Waals surface area contributed by atoms with Crippen LogP contribution < -0.4 is 15.4 Å². The first-order valence-corrected chi connectivity index (χ1v) is 10.7. The number of carbonyl (C=O) groups excluding carboxylic acids is 2. The van der Waals surface area contributed by atoms with Crippen LogP contribution >= 0.6 is 0 Å². The van der Waals surface area contributed by atoms with Gasteiger partial charge in [0.05, 0.1) is 41.9 Å². The van der Waals surface area contributed by atoms with Crippen molar-refractivity contribution in [2.75, 3.05) is 23.7 Å². The molecule has 0 aliphatic heterocycles. The highest BCUT2D eigenvalue weighted by Crippen LogP contribution is 2.40. The Morgan fingerprint density at radius 2 is 1.88 bits per heavy atom. The Kier molecular flexibility index (Phi) is 6.43. The van der Waals surface area contributed by atoms with Crippen molar-refractivity contribution >= 4 is 29.2 Å². The molecule has 0 radical (unpaired) electrons. The summed E-state index contributed by atoms with van der Waals surface area (Å²) in [7, 11) is 1.64. The molecule has 2 amide bonds. The summed E-state index contributed by atoms with van der Waals surface area (Å²) in [5.74, 6) is 0.335. The molecular weight excluding hydrogens is 426 g/mol. The molecule has 0 spiro atoms. The largest absolute Gasteiger partial charge is 0.418 e. The van der Waals surface area contributed by atoms with Crippen LogP contribution in [0.1, 0.15) is 48.8 Å². The van der Waals surface area contributed by atoms with Crippen molar-refractivity contribution in [3.05, 3.63) is 42.5 Å². The van der Waals surface area contributed by atoms with E-state index in [1.807, 2.05) is 13.8 Å². The van der Waals surface area contributed by atoms with Gasteiger partial charge in [0.25, 0.3) is 11.8 Å². The van der Waals surface area contributed by atoms with Gasteiger partial charge in [-0.25, -0.2) is 24.7 Å². The van der Waals surface area contributed by atoms with Gasteiger partial charge < -0.3 is 15.0 Å². The molecule has 1 saturated carbocycles. The van der Waals surface area contributed by atoms with Crippen LogP contribution in [0, 0.1) is 0 Å². The molecule has 3 aromatic rings. The van der Waals surface area contributed by atoms with Gasteiger partial charge in [0, 0.05) is 26.1 Å². The van der Waals surface area contributed by atoms with Gasteiger partial charge in [-0.05, 0) is 26.7 Å². The van der Waals surface area contributed by atoms with Gasteiger partial charge in [0.1, 0.15) is 12.0 Å². The summed E-state index contributed by atoms with van der Waals surface area (Å²) in [5, 5.41) is 9.73. The van der Waals surface area contributed by atoms with Crippen LogP contribution in [0.25, 0.3) is 0 Å². The lowest BCUT2D eigenvalue weighted by molar-refractivity contribution is 0.0763. The molecule has 0 saturated heterocycles. The molecule has 172 valence electrons. The summed E-state index contributed by atoms with van der Waals surface area (Å²) in [6, 6.07) is 0. The monoisotopic (exact) mass is 451 g/mol. The minimum Gasteiger partial charge on any atom is -0.387 e. The first-order valence-electron chi connectivity index (χ1n) is 10.7. The summed E-state index contributed by atoms with van der Waals surface area (Å²) in [5.41, 5.74) is 1.83. The van der Waals surface area contributed by atoms with E-state index in [4.69, 9.17) is 4.74 Å². The van der Waals surface area contributed by atoms with Gasteiger partial charge in [-0.1, -0.05) is 0 Å². The second kappa shape index (κ2) is 9.59. The molecule has 0 atom stereocenters. The van der Waals surface area contributed by atoms with Crippen molar-refractivity contribution < 1.29 is 14.3 Å². The van der Waals surface area contributed by atoms with Gasteiger partial charge in [-0.3, -0.25) is 14.8 Å². The van der Waals surface area contributed by atoms with E-state index in [-0.39, 0.29) is 29.0 Å². The van der Waals surface area contributed by atoms with E-state index in [1.165, 1.54) is 17.2 Å². The lowest BCUT2D eigenvalue weighted by Gasteiger charge is -2.19. The molecule has 3 aromatic heterocycles. The van der Waals surface area contributed by atoms with E-state index in [9.17, 15) is 9.59 Å². The molecule has 12 heteroatoms. The molecule has 12 nitrogen and oxygen atoms in total. The SMILES string of the molecule is CCN(CC)C(=O)c1c(NC(=O)Oc2nc(C3CC3)cnc2Nc2cncnc2)cnn1C. The number of aromatic nitrogens is 6. The topological polar surface area (TPSA) is 140 Å². The fraction of sp³-hybridized carbons (Fsp3) is 0.381. The van der Waals surface area contributed by atoms with Crippen LogP contribution in [0.5, 0.6) is 5.88 Å². The van der Waals surface area contributed by atoms with Crippen molar-refractivity contribution in [1.29, 1.82) is 0 Å². The van der Waals surface area contributed by atoms with Crippen LogP contribution in [0.2, 0.25) is 0 Å². The molecule has 0 unspecified atom stereocenters. The van der Waals surface area contributed by atoms with E-state index in [1.54, 1.807) is 30.5 Å². The third kappa shape index (κ3) is 5.05. The maximum absolute atomic E-state index is 12.9. The summed E-state index contributed by atoms with van der Waals surface area (Å²) in [4.78, 5) is 44.0. The Morgan fingerprint density at radius 1 is 1.15 bits per heavy atom. The second-order valence-electron chi connectivity index (χ2n) is 7.50. The molecule has 1 aliphatic carbocycles. The van der Waals surface area contributed by atoms with Gasteiger partial charge in [-0.2, -0.15) is 5.10 Å². The van der Waals surface area contributed by atoms with Crippen LogP contribution in [-0.4, -0.2) is 59.7 Å². The molecular formula is C21H25N9O3. The molecule has 1 aliphatic rings. The predicted molar refractivity (Wildman–Crippen MR) is 119 cm³/mol. The van der Waals surface area contributed by atoms with E-state index >= 15 is 0 Å². The fourth-order valence-corrected chi connectivity index (χ4v) is 3.28. The van der Waals surface area contributed by atoms with E-state index in [0.717, 1.165) is 18.5 Å². The van der Waals surface area contributed by atoms with Crippen LogP contribution in [0.3, 0.4) is 0 Å². The summed E-state index contributed by atoms with van der Waals surface area (Å²) in [6.45, 7) is 4.84. The highest BCUT2D eigenvalue weighted by molar-refractivity contribution is 6.01. The van der Waals surface area contributed by atoms with Crippen molar-refractivity contribution in [3.8, 4) is 5.88 Å². The molecule has 3 heterocycles. The van der Waals surface area contributed by atoms with Crippen LogP contribution in [0.15, 0.2) is 31.1 Å².